The van der Waals surface area contributed by atoms with Crippen molar-refractivity contribution in [1.82, 2.24) is 10.2 Å². The van der Waals surface area contributed by atoms with Crippen molar-refractivity contribution in [1.29, 1.82) is 0 Å². The minimum absolute atomic E-state index is 0.0654. The van der Waals surface area contributed by atoms with E-state index in [1.807, 2.05) is 64.1 Å². The molecule has 0 saturated heterocycles. The fourth-order valence-electron chi connectivity index (χ4n) is 4.91. The van der Waals surface area contributed by atoms with Gasteiger partial charge in [-0.05, 0) is 85.8 Å². The minimum atomic E-state index is -4.15. The van der Waals surface area contributed by atoms with Gasteiger partial charge in [0.05, 0.1) is 10.6 Å². The third-order valence-corrected chi connectivity index (χ3v) is 9.97. The summed E-state index contributed by atoms with van der Waals surface area (Å²) in [6, 6.07) is 28.9. The second-order valence-corrected chi connectivity index (χ2v) is 13.6. The zero-order valence-corrected chi connectivity index (χ0v) is 27.7. The van der Waals surface area contributed by atoms with Crippen LogP contribution in [-0.2, 0) is 32.6 Å². The molecule has 2 atom stereocenters. The predicted molar refractivity (Wildman–Crippen MR) is 181 cm³/mol. The van der Waals surface area contributed by atoms with Crippen LogP contribution in [0.15, 0.2) is 108 Å². The van der Waals surface area contributed by atoms with Crippen LogP contribution in [-0.4, -0.2) is 43.8 Å². The lowest BCUT2D eigenvalue weighted by Gasteiger charge is -2.34. The van der Waals surface area contributed by atoms with Crippen LogP contribution in [0, 0.1) is 13.8 Å². The molecule has 0 aliphatic heterocycles. The summed E-state index contributed by atoms with van der Waals surface area (Å²) in [5, 5.41) is 3.59. The number of hydrogen-bond donors (Lipinski definition) is 1. The van der Waals surface area contributed by atoms with Gasteiger partial charge in [-0.1, -0.05) is 85.3 Å². The number of carbonyl (C=O) groups excluding carboxylic acids is 2. The van der Waals surface area contributed by atoms with Gasteiger partial charge >= 0.3 is 0 Å². The number of hydrogen-bond acceptors (Lipinski definition) is 4. The number of nitrogens with zero attached hydrogens (tertiary/aromatic N) is 2. The first kappa shape index (κ1) is 33.7. The number of aryl methyl sites for hydroxylation is 2. The molecular weight excluding hydrogens is 606 g/mol. The van der Waals surface area contributed by atoms with E-state index < -0.39 is 28.5 Å². The second kappa shape index (κ2) is 15.2. The number of anilines is 1. The summed E-state index contributed by atoms with van der Waals surface area (Å²) in [6.07, 6.45) is 0.961. The third kappa shape index (κ3) is 8.74. The Hall–Kier alpha value is -4.14. The number of nitrogens with one attached hydrogen (secondary N) is 1. The summed E-state index contributed by atoms with van der Waals surface area (Å²) in [7, 11) is -4.15. The van der Waals surface area contributed by atoms with Gasteiger partial charge in [0.2, 0.25) is 11.8 Å². The fraction of sp³-hybridized carbons (Fsp3) is 0.278. The van der Waals surface area contributed by atoms with Crippen molar-refractivity contribution in [3.05, 3.63) is 130 Å². The molecule has 0 spiro atoms. The largest absolute Gasteiger partial charge is 0.352 e. The number of benzene rings is 4. The highest BCUT2D eigenvalue weighted by Crippen LogP contribution is 2.27. The van der Waals surface area contributed by atoms with Crippen LogP contribution in [0.5, 0.6) is 0 Å². The maximum Gasteiger partial charge on any atom is 0.264 e. The predicted octanol–water partition coefficient (Wildman–Crippen LogP) is 6.71. The van der Waals surface area contributed by atoms with Crippen molar-refractivity contribution >= 4 is 39.1 Å². The quantitative estimate of drug-likeness (QED) is 0.175. The Labute approximate surface area is 271 Å². The maximum absolute atomic E-state index is 14.5. The van der Waals surface area contributed by atoms with Crippen LogP contribution in [0.4, 0.5) is 5.69 Å². The summed E-state index contributed by atoms with van der Waals surface area (Å²) in [5.74, 6) is -0.818. The van der Waals surface area contributed by atoms with E-state index in [0.717, 1.165) is 26.6 Å². The highest BCUT2D eigenvalue weighted by molar-refractivity contribution is 7.92. The molecule has 7 nitrogen and oxygen atoms in total. The zero-order valence-electron chi connectivity index (χ0n) is 26.1. The molecule has 0 bridgehead atoms. The first-order valence-corrected chi connectivity index (χ1v) is 16.8. The molecule has 0 unspecified atom stereocenters. The SMILES string of the molecule is CC[C@H](C)NC(=O)[C@H](Cc1ccccc1)N(Cc1ccc(Cl)cc1)C(=O)CN(c1ccc(C)c(C)c1)S(=O)(=O)c1ccccc1. The Kier molecular flexibility index (Phi) is 11.4. The second-order valence-electron chi connectivity index (χ2n) is 11.3. The van der Waals surface area contributed by atoms with Crippen LogP contribution in [0.25, 0.3) is 0 Å². The van der Waals surface area contributed by atoms with Gasteiger partial charge in [-0.25, -0.2) is 8.42 Å². The molecule has 0 saturated carbocycles. The number of halogens is 1. The van der Waals surface area contributed by atoms with Gasteiger partial charge in [-0.2, -0.15) is 0 Å². The fourth-order valence-corrected chi connectivity index (χ4v) is 6.46. The molecule has 1 N–H and O–H groups in total. The number of carbonyl (C=O) groups is 2. The lowest BCUT2D eigenvalue weighted by molar-refractivity contribution is -0.140. The molecule has 0 aliphatic rings. The summed E-state index contributed by atoms with van der Waals surface area (Å²) in [5.41, 5.74) is 3.88. The van der Waals surface area contributed by atoms with E-state index in [9.17, 15) is 18.0 Å². The molecule has 45 heavy (non-hydrogen) atoms. The summed E-state index contributed by atoms with van der Waals surface area (Å²) >= 11 is 6.16. The summed E-state index contributed by atoms with van der Waals surface area (Å²) in [4.78, 5) is 30.0. The molecule has 0 fully saturated rings. The van der Waals surface area contributed by atoms with Crippen LogP contribution < -0.4 is 9.62 Å². The molecule has 0 aliphatic carbocycles. The summed E-state index contributed by atoms with van der Waals surface area (Å²) in [6.45, 7) is 7.30. The van der Waals surface area contributed by atoms with E-state index in [-0.39, 0.29) is 29.8 Å². The Morgan fingerprint density at radius 2 is 1.44 bits per heavy atom. The average molecular weight is 646 g/mol. The van der Waals surface area contributed by atoms with E-state index in [0.29, 0.717) is 17.1 Å². The standard InChI is InChI=1S/C36H40ClN3O4S/c1-5-28(4)38-36(42)34(23-29-12-8-6-9-13-29)39(24-30-17-19-31(37)20-18-30)35(41)25-40(32-21-16-26(2)27(3)22-32)45(43,44)33-14-10-7-11-15-33/h6-22,28,34H,5,23-25H2,1-4H3,(H,38,42)/t28-,34-/m0/s1. The first-order valence-electron chi connectivity index (χ1n) is 15.0. The number of rotatable bonds is 13. The van der Waals surface area contributed by atoms with Crippen molar-refractivity contribution in [2.45, 2.75) is 64.1 Å². The summed E-state index contributed by atoms with van der Waals surface area (Å²) < 4.78 is 29.4. The van der Waals surface area contributed by atoms with Crippen LogP contribution in [0.3, 0.4) is 0 Å². The minimum Gasteiger partial charge on any atom is -0.352 e. The molecule has 236 valence electrons. The number of sulfonamides is 1. The van der Waals surface area contributed by atoms with E-state index >= 15 is 0 Å². The maximum atomic E-state index is 14.5. The highest BCUT2D eigenvalue weighted by atomic mass is 35.5. The topological polar surface area (TPSA) is 86.8 Å². The third-order valence-electron chi connectivity index (χ3n) is 7.93. The van der Waals surface area contributed by atoms with Gasteiger partial charge in [0.1, 0.15) is 12.6 Å². The van der Waals surface area contributed by atoms with E-state index in [4.69, 9.17) is 11.6 Å². The van der Waals surface area contributed by atoms with E-state index in [2.05, 4.69) is 5.32 Å². The van der Waals surface area contributed by atoms with Crippen molar-refractivity contribution in [3.63, 3.8) is 0 Å². The number of amides is 2. The normalized spacial score (nSPS) is 12.6. The van der Waals surface area contributed by atoms with E-state index in [1.165, 1.54) is 17.0 Å². The van der Waals surface area contributed by atoms with Gasteiger partial charge in [0, 0.05) is 24.0 Å². The molecule has 0 heterocycles. The molecule has 4 aromatic rings. The van der Waals surface area contributed by atoms with Gasteiger partial charge in [-0.15, -0.1) is 0 Å². The van der Waals surface area contributed by atoms with Gasteiger partial charge in [0.15, 0.2) is 0 Å². The van der Waals surface area contributed by atoms with Gasteiger partial charge in [-0.3, -0.25) is 13.9 Å². The Morgan fingerprint density at radius 3 is 2.04 bits per heavy atom. The molecule has 0 radical (unpaired) electrons. The first-order chi connectivity index (χ1) is 21.5. The van der Waals surface area contributed by atoms with Crippen molar-refractivity contribution in [2.75, 3.05) is 10.8 Å². The lowest BCUT2D eigenvalue weighted by Crippen LogP contribution is -2.54. The average Bonchev–Trinajstić information content (AvgIpc) is 3.04. The molecule has 4 rings (SSSR count). The Balaban J connectivity index is 1.81. The lowest BCUT2D eigenvalue weighted by atomic mass is 10.0. The van der Waals surface area contributed by atoms with Crippen LogP contribution >= 0.6 is 11.6 Å². The molecule has 2 amide bonds. The van der Waals surface area contributed by atoms with Crippen molar-refractivity contribution in [2.24, 2.45) is 0 Å². The highest BCUT2D eigenvalue weighted by Gasteiger charge is 2.35. The Morgan fingerprint density at radius 1 is 0.822 bits per heavy atom. The van der Waals surface area contributed by atoms with Gasteiger partial charge < -0.3 is 10.2 Å². The Bertz CT molecular complexity index is 1700. The van der Waals surface area contributed by atoms with Crippen molar-refractivity contribution in [3.8, 4) is 0 Å². The molecule has 4 aromatic carbocycles. The molecular formula is C36H40ClN3O4S. The van der Waals surface area contributed by atoms with Crippen molar-refractivity contribution < 1.29 is 18.0 Å². The van der Waals surface area contributed by atoms with Gasteiger partial charge in [0.25, 0.3) is 10.0 Å². The zero-order chi connectivity index (χ0) is 32.6. The van der Waals surface area contributed by atoms with E-state index in [1.54, 1.807) is 54.6 Å². The van der Waals surface area contributed by atoms with Crippen LogP contribution in [0.2, 0.25) is 5.02 Å². The van der Waals surface area contributed by atoms with Crippen LogP contribution in [0.1, 0.15) is 42.5 Å². The molecule has 9 heteroatoms. The monoisotopic (exact) mass is 645 g/mol. The molecule has 0 aromatic heterocycles. The smallest absolute Gasteiger partial charge is 0.264 e.